The Morgan fingerprint density at radius 2 is 2.04 bits per heavy atom. The van der Waals surface area contributed by atoms with Crippen molar-refractivity contribution in [1.82, 2.24) is 9.88 Å². The van der Waals surface area contributed by atoms with E-state index in [4.69, 9.17) is 11.6 Å². The number of carbonyl (C=O) groups excluding carboxylic acids is 1. The van der Waals surface area contributed by atoms with Crippen molar-refractivity contribution in [3.8, 4) is 10.6 Å². The van der Waals surface area contributed by atoms with Crippen LogP contribution in [0.1, 0.15) is 39.3 Å². The fraction of sp³-hybridized carbons (Fsp3) is 0.474. The Morgan fingerprint density at radius 1 is 1.33 bits per heavy atom. The quantitative estimate of drug-likeness (QED) is 0.721. The maximum atomic E-state index is 12.8. The summed E-state index contributed by atoms with van der Waals surface area (Å²) in [6.07, 6.45) is 2.63. The highest BCUT2D eigenvalue weighted by molar-refractivity contribution is 7.13. The predicted molar refractivity (Wildman–Crippen MR) is 100 cm³/mol. The summed E-state index contributed by atoms with van der Waals surface area (Å²) >= 11 is 7.78. The van der Waals surface area contributed by atoms with Crippen molar-refractivity contribution in [3.05, 3.63) is 40.4 Å². The van der Waals surface area contributed by atoms with E-state index in [0.717, 1.165) is 29.1 Å². The first-order valence-electron chi connectivity index (χ1n) is 8.48. The first kappa shape index (κ1) is 17.4. The number of halogens is 1. The Morgan fingerprint density at radius 3 is 2.67 bits per heavy atom. The van der Waals surface area contributed by atoms with Gasteiger partial charge in [0.25, 0.3) is 0 Å². The van der Waals surface area contributed by atoms with Gasteiger partial charge in [-0.25, -0.2) is 4.98 Å². The van der Waals surface area contributed by atoms with Gasteiger partial charge in [-0.05, 0) is 31.7 Å². The molecule has 1 saturated carbocycles. The van der Waals surface area contributed by atoms with Crippen LogP contribution in [0.25, 0.3) is 10.6 Å². The van der Waals surface area contributed by atoms with Crippen LogP contribution in [0.2, 0.25) is 5.02 Å². The van der Waals surface area contributed by atoms with Crippen LogP contribution >= 0.6 is 22.9 Å². The average molecular weight is 363 g/mol. The van der Waals surface area contributed by atoms with Gasteiger partial charge in [0.2, 0.25) is 5.91 Å². The van der Waals surface area contributed by atoms with Crippen molar-refractivity contribution in [2.24, 2.45) is 5.92 Å². The minimum atomic E-state index is 0.190. The van der Waals surface area contributed by atoms with E-state index in [1.807, 2.05) is 29.6 Å². The third kappa shape index (κ3) is 3.81. The van der Waals surface area contributed by atoms with Crippen LogP contribution in [-0.4, -0.2) is 27.9 Å². The molecule has 3 nitrogen and oxygen atoms in total. The molecular formula is C19H23ClN2OS. The number of hydrogen-bond donors (Lipinski definition) is 0. The molecule has 24 heavy (non-hydrogen) atoms. The summed E-state index contributed by atoms with van der Waals surface area (Å²) in [5.41, 5.74) is 1.76. The number of amides is 1. The SMILES string of the molecule is CC(C)C(C)N(C(=O)Cc1csc(-c2ccccc2Cl)n1)C1CC1. The molecule has 0 radical (unpaired) electrons. The van der Waals surface area contributed by atoms with Gasteiger partial charge in [-0.3, -0.25) is 4.79 Å². The van der Waals surface area contributed by atoms with Crippen molar-refractivity contribution in [2.75, 3.05) is 0 Å². The molecular weight excluding hydrogens is 340 g/mol. The molecule has 3 rings (SSSR count). The molecule has 1 amide bonds. The largest absolute Gasteiger partial charge is 0.336 e. The van der Waals surface area contributed by atoms with E-state index in [-0.39, 0.29) is 11.9 Å². The van der Waals surface area contributed by atoms with Gasteiger partial charge in [0.05, 0.1) is 17.1 Å². The Balaban J connectivity index is 1.74. The monoisotopic (exact) mass is 362 g/mol. The number of carbonyl (C=O) groups is 1. The summed E-state index contributed by atoms with van der Waals surface area (Å²) in [5, 5.41) is 3.54. The normalized spacial score (nSPS) is 15.5. The highest BCUT2D eigenvalue weighted by atomic mass is 35.5. The summed E-state index contributed by atoms with van der Waals surface area (Å²) in [7, 11) is 0. The van der Waals surface area contributed by atoms with E-state index < -0.39 is 0 Å². The topological polar surface area (TPSA) is 33.2 Å². The summed E-state index contributed by atoms with van der Waals surface area (Å²) < 4.78 is 0. The highest BCUT2D eigenvalue weighted by Crippen LogP contribution is 2.33. The number of benzene rings is 1. The fourth-order valence-electron chi connectivity index (χ4n) is 2.83. The van der Waals surface area contributed by atoms with E-state index in [0.29, 0.717) is 23.4 Å². The lowest BCUT2D eigenvalue weighted by Gasteiger charge is -2.32. The lowest BCUT2D eigenvalue weighted by Crippen LogP contribution is -2.43. The van der Waals surface area contributed by atoms with E-state index in [1.165, 1.54) is 0 Å². The van der Waals surface area contributed by atoms with E-state index in [1.54, 1.807) is 11.3 Å². The lowest BCUT2D eigenvalue weighted by atomic mass is 10.0. The zero-order chi connectivity index (χ0) is 17.3. The van der Waals surface area contributed by atoms with Crippen LogP contribution in [0, 0.1) is 5.92 Å². The molecule has 5 heteroatoms. The molecule has 1 aromatic heterocycles. The minimum Gasteiger partial charge on any atom is -0.336 e. The van der Waals surface area contributed by atoms with Crippen LogP contribution in [0.15, 0.2) is 29.6 Å². The van der Waals surface area contributed by atoms with Crippen LogP contribution in [-0.2, 0) is 11.2 Å². The van der Waals surface area contributed by atoms with Crippen molar-refractivity contribution < 1.29 is 4.79 Å². The van der Waals surface area contributed by atoms with E-state index in [2.05, 4.69) is 30.7 Å². The molecule has 1 aliphatic carbocycles. The zero-order valence-electron chi connectivity index (χ0n) is 14.3. The Labute approximate surface area is 152 Å². The first-order chi connectivity index (χ1) is 11.5. The lowest BCUT2D eigenvalue weighted by molar-refractivity contribution is -0.134. The van der Waals surface area contributed by atoms with Crippen LogP contribution in [0.4, 0.5) is 0 Å². The smallest absolute Gasteiger partial charge is 0.229 e. The molecule has 1 aliphatic rings. The molecule has 1 aromatic carbocycles. The molecule has 1 fully saturated rings. The number of rotatable bonds is 6. The molecule has 2 aromatic rings. The summed E-state index contributed by atoms with van der Waals surface area (Å²) in [6.45, 7) is 6.49. The summed E-state index contributed by atoms with van der Waals surface area (Å²) in [4.78, 5) is 19.5. The Kier molecular flexibility index (Phi) is 5.26. The summed E-state index contributed by atoms with van der Waals surface area (Å²) in [5.74, 6) is 0.651. The summed E-state index contributed by atoms with van der Waals surface area (Å²) in [6, 6.07) is 8.38. The van der Waals surface area contributed by atoms with E-state index >= 15 is 0 Å². The third-order valence-corrected chi connectivity index (χ3v) is 5.87. The first-order valence-corrected chi connectivity index (χ1v) is 9.73. The standard InChI is InChI=1S/C19H23ClN2OS/c1-12(2)13(3)22(15-8-9-15)18(23)10-14-11-24-19(21-14)16-6-4-5-7-17(16)20/h4-7,11-13,15H,8-10H2,1-3H3. The fourth-order valence-corrected chi connectivity index (χ4v) is 3.97. The average Bonchev–Trinajstić information content (AvgIpc) is 3.26. The molecule has 128 valence electrons. The van der Waals surface area contributed by atoms with Gasteiger partial charge in [0.15, 0.2) is 0 Å². The molecule has 1 atom stereocenters. The molecule has 0 aliphatic heterocycles. The third-order valence-electron chi connectivity index (χ3n) is 4.62. The number of aromatic nitrogens is 1. The number of hydrogen-bond acceptors (Lipinski definition) is 3. The second kappa shape index (κ2) is 7.24. The van der Waals surface area contributed by atoms with Crippen LogP contribution in [0.3, 0.4) is 0 Å². The maximum absolute atomic E-state index is 12.8. The second-order valence-corrected chi connectivity index (χ2v) is 8.08. The molecule has 0 N–H and O–H groups in total. The second-order valence-electron chi connectivity index (χ2n) is 6.82. The van der Waals surface area contributed by atoms with Gasteiger partial charge in [-0.15, -0.1) is 11.3 Å². The molecule has 0 bridgehead atoms. The number of thiazole rings is 1. The maximum Gasteiger partial charge on any atom is 0.229 e. The van der Waals surface area contributed by atoms with Crippen molar-refractivity contribution >= 4 is 28.8 Å². The van der Waals surface area contributed by atoms with Crippen molar-refractivity contribution in [1.29, 1.82) is 0 Å². The predicted octanol–water partition coefficient (Wildman–Crippen LogP) is 5.04. The minimum absolute atomic E-state index is 0.190. The molecule has 1 heterocycles. The molecule has 0 spiro atoms. The Bertz CT molecular complexity index is 724. The van der Waals surface area contributed by atoms with Gasteiger partial charge in [-0.1, -0.05) is 43.6 Å². The van der Waals surface area contributed by atoms with Crippen LogP contribution < -0.4 is 0 Å². The van der Waals surface area contributed by atoms with Crippen molar-refractivity contribution in [3.63, 3.8) is 0 Å². The Hall–Kier alpha value is -1.39. The van der Waals surface area contributed by atoms with Crippen molar-refractivity contribution in [2.45, 2.75) is 52.1 Å². The van der Waals surface area contributed by atoms with Gasteiger partial charge < -0.3 is 4.90 Å². The number of nitrogens with zero attached hydrogens (tertiary/aromatic N) is 2. The molecule has 0 saturated heterocycles. The highest BCUT2D eigenvalue weighted by Gasteiger charge is 2.36. The molecule has 1 unspecified atom stereocenters. The van der Waals surface area contributed by atoms with E-state index in [9.17, 15) is 4.79 Å². The van der Waals surface area contributed by atoms with Crippen LogP contribution in [0.5, 0.6) is 0 Å². The van der Waals surface area contributed by atoms with Gasteiger partial charge in [0.1, 0.15) is 5.01 Å². The van der Waals surface area contributed by atoms with Gasteiger partial charge >= 0.3 is 0 Å². The zero-order valence-corrected chi connectivity index (χ0v) is 15.9. The van der Waals surface area contributed by atoms with Gasteiger partial charge in [0, 0.05) is 23.0 Å². The van der Waals surface area contributed by atoms with Gasteiger partial charge in [-0.2, -0.15) is 0 Å².